The van der Waals surface area contributed by atoms with E-state index >= 15 is 0 Å². The van der Waals surface area contributed by atoms with E-state index in [1.807, 2.05) is 0 Å². The molecule has 2 fully saturated rings. The predicted molar refractivity (Wildman–Crippen MR) is 64.9 cm³/mol. The molecule has 0 aromatic rings. The van der Waals surface area contributed by atoms with Crippen molar-refractivity contribution in [1.82, 2.24) is 5.32 Å². The molecule has 0 aromatic heterocycles. The molecule has 4 atom stereocenters. The van der Waals surface area contributed by atoms with E-state index in [0.717, 1.165) is 25.2 Å². The van der Waals surface area contributed by atoms with E-state index in [1.165, 1.54) is 25.7 Å². The minimum Gasteiger partial charge on any atom is -0.353 e. The zero-order chi connectivity index (χ0) is 11.5. The summed E-state index contributed by atoms with van der Waals surface area (Å²) >= 11 is 0. The molecule has 0 radical (unpaired) electrons. The summed E-state index contributed by atoms with van der Waals surface area (Å²) in [6.45, 7) is 2.19. The molecule has 3 nitrogen and oxygen atoms in total. The van der Waals surface area contributed by atoms with Gasteiger partial charge in [-0.25, -0.2) is 0 Å². The summed E-state index contributed by atoms with van der Waals surface area (Å²) < 4.78 is 0. The number of nitrogens with one attached hydrogen (secondary N) is 1. The van der Waals surface area contributed by atoms with Crippen LogP contribution in [0.25, 0.3) is 0 Å². The number of rotatable bonds is 3. The number of nitrogens with two attached hydrogens (primary N) is 1. The standard InChI is InChI=1S/C13H24N2O/c1-2-9-8-12(9)15-13(16)10-6-4-3-5-7-11(10)14/h9-12H,2-8,14H2,1H3,(H,15,16). The van der Waals surface area contributed by atoms with Crippen LogP contribution in [0.15, 0.2) is 0 Å². The first-order valence-electron chi connectivity index (χ1n) is 6.78. The SMILES string of the molecule is CCC1CC1NC(=O)C1CCCCCC1N. The molecule has 92 valence electrons. The van der Waals surface area contributed by atoms with Gasteiger partial charge in [0.05, 0.1) is 5.92 Å². The lowest BCUT2D eigenvalue weighted by Gasteiger charge is -2.20. The van der Waals surface area contributed by atoms with Crippen molar-refractivity contribution in [3.8, 4) is 0 Å². The normalized spacial score (nSPS) is 38.9. The van der Waals surface area contributed by atoms with Crippen molar-refractivity contribution in [1.29, 1.82) is 0 Å². The van der Waals surface area contributed by atoms with Crippen molar-refractivity contribution in [2.75, 3.05) is 0 Å². The molecule has 16 heavy (non-hydrogen) atoms. The monoisotopic (exact) mass is 224 g/mol. The summed E-state index contributed by atoms with van der Waals surface area (Å²) in [4.78, 5) is 12.1. The maximum Gasteiger partial charge on any atom is 0.224 e. The van der Waals surface area contributed by atoms with Gasteiger partial charge in [0.1, 0.15) is 0 Å². The second kappa shape index (κ2) is 5.17. The van der Waals surface area contributed by atoms with Crippen LogP contribution in [0.2, 0.25) is 0 Å². The Morgan fingerprint density at radius 3 is 2.75 bits per heavy atom. The zero-order valence-corrected chi connectivity index (χ0v) is 10.2. The molecule has 0 bridgehead atoms. The Morgan fingerprint density at radius 2 is 2.06 bits per heavy atom. The summed E-state index contributed by atoms with van der Waals surface area (Å²) in [5, 5.41) is 3.16. The van der Waals surface area contributed by atoms with Crippen molar-refractivity contribution >= 4 is 5.91 Å². The largest absolute Gasteiger partial charge is 0.353 e. The van der Waals surface area contributed by atoms with Crippen molar-refractivity contribution in [3.63, 3.8) is 0 Å². The lowest BCUT2D eigenvalue weighted by atomic mass is 9.94. The Kier molecular flexibility index (Phi) is 3.85. The van der Waals surface area contributed by atoms with Crippen molar-refractivity contribution < 1.29 is 4.79 Å². The van der Waals surface area contributed by atoms with Crippen LogP contribution in [0.1, 0.15) is 51.9 Å². The highest BCUT2D eigenvalue weighted by atomic mass is 16.2. The molecule has 4 unspecified atom stereocenters. The fraction of sp³-hybridized carbons (Fsp3) is 0.923. The van der Waals surface area contributed by atoms with Crippen LogP contribution in [0.4, 0.5) is 0 Å². The molecule has 3 heteroatoms. The molecule has 1 amide bonds. The fourth-order valence-corrected chi connectivity index (χ4v) is 2.83. The molecule has 0 saturated heterocycles. The van der Waals surface area contributed by atoms with Crippen LogP contribution in [0.5, 0.6) is 0 Å². The quantitative estimate of drug-likeness (QED) is 0.718. The van der Waals surface area contributed by atoms with Crippen LogP contribution in [-0.4, -0.2) is 18.0 Å². The van der Waals surface area contributed by atoms with Crippen LogP contribution in [-0.2, 0) is 4.79 Å². The summed E-state index contributed by atoms with van der Waals surface area (Å²) in [6, 6.07) is 0.536. The number of carbonyl (C=O) groups is 1. The fourth-order valence-electron chi connectivity index (χ4n) is 2.83. The number of hydrogen-bond donors (Lipinski definition) is 2. The lowest BCUT2D eigenvalue weighted by molar-refractivity contribution is -0.126. The topological polar surface area (TPSA) is 55.1 Å². The average Bonchev–Trinajstić information content (AvgIpc) is 3.02. The van der Waals surface area contributed by atoms with Gasteiger partial charge in [-0.05, 0) is 25.2 Å². The molecule has 0 aliphatic heterocycles. The van der Waals surface area contributed by atoms with Gasteiger partial charge in [-0.15, -0.1) is 0 Å². The molecule has 2 aliphatic carbocycles. The minimum atomic E-state index is 0.0700. The van der Waals surface area contributed by atoms with Gasteiger partial charge in [-0.2, -0.15) is 0 Å². The van der Waals surface area contributed by atoms with E-state index in [2.05, 4.69) is 12.2 Å². The Bertz CT molecular complexity index is 254. The van der Waals surface area contributed by atoms with E-state index in [-0.39, 0.29) is 17.9 Å². The second-order valence-corrected chi connectivity index (χ2v) is 5.43. The smallest absolute Gasteiger partial charge is 0.224 e. The Hall–Kier alpha value is -0.570. The number of amides is 1. The molecule has 2 saturated carbocycles. The molecular formula is C13H24N2O. The third kappa shape index (κ3) is 2.76. The van der Waals surface area contributed by atoms with Crippen LogP contribution >= 0.6 is 0 Å². The van der Waals surface area contributed by atoms with E-state index in [1.54, 1.807) is 0 Å². The molecule has 2 rings (SSSR count). The Morgan fingerprint density at radius 1 is 1.31 bits per heavy atom. The molecule has 0 spiro atoms. The van der Waals surface area contributed by atoms with Crippen molar-refractivity contribution in [2.45, 2.75) is 64.0 Å². The van der Waals surface area contributed by atoms with E-state index < -0.39 is 0 Å². The second-order valence-electron chi connectivity index (χ2n) is 5.43. The van der Waals surface area contributed by atoms with Gasteiger partial charge in [0.2, 0.25) is 5.91 Å². The first-order chi connectivity index (χ1) is 7.72. The summed E-state index contributed by atoms with van der Waals surface area (Å²) in [7, 11) is 0. The highest BCUT2D eigenvalue weighted by Gasteiger charge is 2.38. The van der Waals surface area contributed by atoms with E-state index in [4.69, 9.17) is 5.73 Å². The highest BCUT2D eigenvalue weighted by Crippen LogP contribution is 2.34. The first-order valence-corrected chi connectivity index (χ1v) is 6.78. The minimum absolute atomic E-state index is 0.0700. The van der Waals surface area contributed by atoms with Crippen LogP contribution < -0.4 is 11.1 Å². The van der Waals surface area contributed by atoms with Crippen molar-refractivity contribution in [3.05, 3.63) is 0 Å². The van der Waals surface area contributed by atoms with E-state index in [0.29, 0.717) is 6.04 Å². The van der Waals surface area contributed by atoms with Gasteiger partial charge >= 0.3 is 0 Å². The van der Waals surface area contributed by atoms with Gasteiger partial charge in [-0.3, -0.25) is 4.79 Å². The molecule has 0 aromatic carbocycles. The van der Waals surface area contributed by atoms with Crippen molar-refractivity contribution in [2.24, 2.45) is 17.6 Å². The average molecular weight is 224 g/mol. The van der Waals surface area contributed by atoms with Crippen LogP contribution in [0, 0.1) is 11.8 Å². The van der Waals surface area contributed by atoms with Gasteiger partial charge in [0.25, 0.3) is 0 Å². The molecule has 3 N–H and O–H groups in total. The third-order valence-electron chi connectivity index (χ3n) is 4.18. The summed E-state index contributed by atoms with van der Waals surface area (Å²) in [5.41, 5.74) is 6.08. The first kappa shape index (κ1) is 11.9. The van der Waals surface area contributed by atoms with Gasteiger partial charge < -0.3 is 11.1 Å². The molecular weight excluding hydrogens is 200 g/mol. The van der Waals surface area contributed by atoms with Gasteiger partial charge in [-0.1, -0.05) is 32.6 Å². The Balaban J connectivity index is 1.83. The third-order valence-corrected chi connectivity index (χ3v) is 4.18. The lowest BCUT2D eigenvalue weighted by Crippen LogP contribution is -2.42. The highest BCUT2D eigenvalue weighted by molar-refractivity contribution is 5.80. The maximum atomic E-state index is 12.1. The summed E-state index contributed by atoms with van der Waals surface area (Å²) in [6.07, 6.45) is 7.93. The van der Waals surface area contributed by atoms with Crippen LogP contribution in [0.3, 0.4) is 0 Å². The summed E-state index contributed by atoms with van der Waals surface area (Å²) in [5.74, 6) is 1.02. The molecule has 0 heterocycles. The Labute approximate surface area is 98.2 Å². The predicted octanol–water partition coefficient (Wildman–Crippen LogP) is 1.81. The number of hydrogen-bond acceptors (Lipinski definition) is 2. The van der Waals surface area contributed by atoms with E-state index in [9.17, 15) is 4.79 Å². The van der Waals surface area contributed by atoms with Gasteiger partial charge in [0, 0.05) is 12.1 Å². The molecule has 2 aliphatic rings. The maximum absolute atomic E-state index is 12.1. The zero-order valence-electron chi connectivity index (χ0n) is 10.2. The van der Waals surface area contributed by atoms with Gasteiger partial charge in [0.15, 0.2) is 0 Å². The number of carbonyl (C=O) groups excluding carboxylic acids is 1.